The van der Waals surface area contributed by atoms with Gasteiger partial charge < -0.3 is 5.73 Å². The normalized spacial score (nSPS) is 10.5. The van der Waals surface area contributed by atoms with Gasteiger partial charge in [-0.05, 0) is 29.8 Å². The first kappa shape index (κ1) is 13.0. The Morgan fingerprint density at radius 1 is 1.05 bits per heavy atom. The highest BCUT2D eigenvalue weighted by Crippen LogP contribution is 2.27. The Hall–Kier alpha value is -3.02. The average Bonchev–Trinajstić information content (AvgIpc) is 2.50. The summed E-state index contributed by atoms with van der Waals surface area (Å²) in [6, 6.07) is 10.8. The van der Waals surface area contributed by atoms with Gasteiger partial charge >= 0.3 is 0 Å². The predicted octanol–water partition coefficient (Wildman–Crippen LogP) is 2.22. The molecule has 1 aromatic carbocycles. The lowest BCUT2D eigenvalue weighted by Gasteiger charge is -2.07. The van der Waals surface area contributed by atoms with E-state index in [0.717, 1.165) is 11.1 Å². The van der Waals surface area contributed by atoms with Crippen molar-refractivity contribution in [2.24, 2.45) is 0 Å². The quantitative estimate of drug-likeness (QED) is 0.754. The Labute approximate surface area is 119 Å². The summed E-state index contributed by atoms with van der Waals surface area (Å²) in [5.74, 6) is 0.00471. The molecule has 0 aliphatic carbocycles. The number of halogens is 1. The molecule has 2 heterocycles. The number of aromatic amines is 1. The van der Waals surface area contributed by atoms with Gasteiger partial charge in [-0.15, -0.1) is 0 Å². The molecule has 0 amide bonds. The summed E-state index contributed by atoms with van der Waals surface area (Å²) in [7, 11) is 0. The maximum absolute atomic E-state index is 13.0. The van der Waals surface area contributed by atoms with E-state index < -0.39 is 0 Å². The SMILES string of the molecule is Nc1ncc(-c2ccc(F)cc2)cc1-c1ccc(=O)[nH]n1. The molecule has 3 N–H and O–H groups in total. The van der Waals surface area contributed by atoms with Crippen molar-refractivity contribution in [1.29, 1.82) is 0 Å². The summed E-state index contributed by atoms with van der Waals surface area (Å²) in [4.78, 5) is 15.2. The van der Waals surface area contributed by atoms with Gasteiger partial charge in [0.15, 0.2) is 0 Å². The van der Waals surface area contributed by atoms with E-state index in [2.05, 4.69) is 15.2 Å². The van der Waals surface area contributed by atoms with Gasteiger partial charge in [-0.3, -0.25) is 4.79 Å². The summed E-state index contributed by atoms with van der Waals surface area (Å²) >= 11 is 0. The molecule has 0 saturated heterocycles. The third kappa shape index (κ3) is 2.64. The minimum absolute atomic E-state index is 0.292. The van der Waals surface area contributed by atoms with Gasteiger partial charge in [-0.25, -0.2) is 14.5 Å². The molecule has 2 aromatic heterocycles. The molecular weight excluding hydrogens is 271 g/mol. The molecule has 0 unspecified atom stereocenters. The number of hydrogen-bond donors (Lipinski definition) is 2. The zero-order valence-corrected chi connectivity index (χ0v) is 10.9. The van der Waals surface area contributed by atoms with Crippen molar-refractivity contribution in [3.05, 3.63) is 64.8 Å². The lowest BCUT2D eigenvalue weighted by molar-refractivity contribution is 0.628. The minimum atomic E-state index is -0.301. The minimum Gasteiger partial charge on any atom is -0.383 e. The number of nitrogen functional groups attached to an aromatic ring is 1. The van der Waals surface area contributed by atoms with Gasteiger partial charge in [-0.1, -0.05) is 12.1 Å². The summed E-state index contributed by atoms with van der Waals surface area (Å²) in [5, 5.41) is 6.29. The van der Waals surface area contributed by atoms with E-state index in [1.165, 1.54) is 18.2 Å². The Morgan fingerprint density at radius 2 is 1.81 bits per heavy atom. The molecule has 0 saturated carbocycles. The van der Waals surface area contributed by atoms with Crippen LogP contribution in [-0.2, 0) is 0 Å². The first-order chi connectivity index (χ1) is 10.1. The summed E-state index contributed by atoms with van der Waals surface area (Å²) in [6.07, 6.45) is 1.61. The number of nitrogens with zero attached hydrogens (tertiary/aromatic N) is 2. The number of aromatic nitrogens is 3. The van der Waals surface area contributed by atoms with Crippen molar-refractivity contribution in [1.82, 2.24) is 15.2 Å². The van der Waals surface area contributed by atoms with Crippen LogP contribution in [0.4, 0.5) is 10.2 Å². The smallest absolute Gasteiger partial charge is 0.264 e. The van der Waals surface area contributed by atoms with Crippen molar-refractivity contribution < 1.29 is 4.39 Å². The van der Waals surface area contributed by atoms with Crippen LogP contribution in [0.1, 0.15) is 0 Å². The van der Waals surface area contributed by atoms with E-state index in [9.17, 15) is 9.18 Å². The number of rotatable bonds is 2. The molecule has 0 aliphatic rings. The Bertz CT molecular complexity index is 823. The topological polar surface area (TPSA) is 84.7 Å². The molecule has 0 bridgehead atoms. The zero-order valence-electron chi connectivity index (χ0n) is 10.9. The molecule has 6 heteroatoms. The van der Waals surface area contributed by atoms with Crippen molar-refractivity contribution in [2.45, 2.75) is 0 Å². The number of H-pyrrole nitrogens is 1. The second kappa shape index (κ2) is 5.16. The van der Waals surface area contributed by atoms with Crippen LogP contribution < -0.4 is 11.3 Å². The maximum Gasteiger partial charge on any atom is 0.264 e. The largest absolute Gasteiger partial charge is 0.383 e. The lowest BCUT2D eigenvalue weighted by atomic mass is 10.0. The van der Waals surface area contributed by atoms with Crippen LogP contribution in [0.15, 0.2) is 53.5 Å². The Kier molecular flexibility index (Phi) is 3.19. The van der Waals surface area contributed by atoms with Crippen LogP contribution in [0.25, 0.3) is 22.4 Å². The number of pyridine rings is 1. The van der Waals surface area contributed by atoms with Crippen LogP contribution in [-0.4, -0.2) is 15.2 Å². The fourth-order valence-corrected chi connectivity index (χ4v) is 1.98. The summed E-state index contributed by atoms with van der Waals surface area (Å²) in [6.45, 7) is 0. The first-order valence-corrected chi connectivity index (χ1v) is 6.21. The first-order valence-electron chi connectivity index (χ1n) is 6.21. The fraction of sp³-hybridized carbons (Fsp3) is 0. The molecule has 5 nitrogen and oxygen atoms in total. The number of nitrogens with two attached hydrogens (primary N) is 1. The van der Waals surface area contributed by atoms with Crippen LogP contribution in [0, 0.1) is 5.82 Å². The summed E-state index contributed by atoms with van der Waals surface area (Å²) < 4.78 is 13.0. The average molecular weight is 282 g/mol. The van der Waals surface area contributed by atoms with Gasteiger partial charge in [0.25, 0.3) is 5.56 Å². The second-order valence-corrected chi connectivity index (χ2v) is 4.47. The molecule has 0 radical (unpaired) electrons. The number of benzene rings is 1. The number of anilines is 1. The van der Waals surface area contributed by atoms with E-state index in [1.54, 1.807) is 30.5 Å². The van der Waals surface area contributed by atoms with Gasteiger partial charge in [0.2, 0.25) is 0 Å². The lowest BCUT2D eigenvalue weighted by Crippen LogP contribution is -2.06. The molecule has 21 heavy (non-hydrogen) atoms. The van der Waals surface area contributed by atoms with E-state index in [1.807, 2.05) is 0 Å². The monoisotopic (exact) mass is 282 g/mol. The van der Waals surface area contributed by atoms with Gasteiger partial charge in [-0.2, -0.15) is 5.10 Å². The standard InChI is InChI=1S/C15H11FN4O/c16-11-3-1-9(2-4-11)10-7-12(15(17)18-8-10)13-5-6-14(21)20-19-13/h1-8H,(H2,17,18)(H,20,21). The van der Waals surface area contributed by atoms with E-state index >= 15 is 0 Å². The van der Waals surface area contributed by atoms with E-state index in [4.69, 9.17) is 5.73 Å². The van der Waals surface area contributed by atoms with Crippen LogP contribution >= 0.6 is 0 Å². The third-order valence-corrected chi connectivity index (χ3v) is 3.05. The molecular formula is C15H11FN4O. The van der Waals surface area contributed by atoms with Crippen LogP contribution in [0.3, 0.4) is 0 Å². The molecule has 104 valence electrons. The highest BCUT2D eigenvalue weighted by molar-refractivity contribution is 5.77. The Balaban J connectivity index is 2.09. The number of nitrogens with one attached hydrogen (secondary N) is 1. The molecule has 0 atom stereocenters. The van der Waals surface area contributed by atoms with E-state index in [0.29, 0.717) is 17.1 Å². The molecule has 3 rings (SSSR count). The molecule has 3 aromatic rings. The third-order valence-electron chi connectivity index (χ3n) is 3.05. The highest BCUT2D eigenvalue weighted by Gasteiger charge is 2.08. The van der Waals surface area contributed by atoms with Gasteiger partial charge in [0.1, 0.15) is 11.6 Å². The fourth-order valence-electron chi connectivity index (χ4n) is 1.98. The Morgan fingerprint density at radius 3 is 2.48 bits per heavy atom. The van der Waals surface area contributed by atoms with Gasteiger partial charge in [0, 0.05) is 23.4 Å². The molecule has 0 spiro atoms. The second-order valence-electron chi connectivity index (χ2n) is 4.47. The van der Waals surface area contributed by atoms with Gasteiger partial charge in [0.05, 0.1) is 5.69 Å². The van der Waals surface area contributed by atoms with Crippen LogP contribution in [0.5, 0.6) is 0 Å². The number of hydrogen-bond acceptors (Lipinski definition) is 4. The maximum atomic E-state index is 13.0. The highest BCUT2D eigenvalue weighted by atomic mass is 19.1. The van der Waals surface area contributed by atoms with Crippen molar-refractivity contribution in [2.75, 3.05) is 5.73 Å². The zero-order chi connectivity index (χ0) is 14.8. The van der Waals surface area contributed by atoms with Crippen molar-refractivity contribution in [3.63, 3.8) is 0 Å². The van der Waals surface area contributed by atoms with Crippen molar-refractivity contribution >= 4 is 5.82 Å². The van der Waals surface area contributed by atoms with E-state index in [-0.39, 0.29) is 11.4 Å². The van der Waals surface area contributed by atoms with Crippen LogP contribution in [0.2, 0.25) is 0 Å². The van der Waals surface area contributed by atoms with Crippen molar-refractivity contribution in [3.8, 4) is 22.4 Å². The predicted molar refractivity (Wildman–Crippen MR) is 77.9 cm³/mol. The summed E-state index contributed by atoms with van der Waals surface area (Å²) in [5.41, 5.74) is 8.29. The molecule has 0 aliphatic heterocycles. The molecule has 0 fully saturated rings.